The van der Waals surface area contributed by atoms with Crippen molar-refractivity contribution in [2.75, 3.05) is 7.11 Å². The standard InChI is InChI=1S/C29H32N4O4/c1-17-14-30-23(26-18(2)15-31-28(32-26)29(5,6)35)13-24(17)33-19(3)11-25(20(4)27(33)34)37-16-21-9-8-10-22(12-21)36-7/h8-15,35H,16H2,1-7H3. The number of hydrogen-bond donors (Lipinski definition) is 1. The molecule has 4 aromatic rings. The Morgan fingerprint density at radius 3 is 2.43 bits per heavy atom. The van der Waals surface area contributed by atoms with Crippen molar-refractivity contribution in [3.05, 3.63) is 92.9 Å². The zero-order valence-electron chi connectivity index (χ0n) is 22.3. The topological polar surface area (TPSA) is 99.4 Å². The Morgan fingerprint density at radius 1 is 1.00 bits per heavy atom. The molecule has 0 saturated carbocycles. The predicted molar refractivity (Wildman–Crippen MR) is 142 cm³/mol. The van der Waals surface area contributed by atoms with Gasteiger partial charge in [-0.3, -0.25) is 14.3 Å². The number of ether oxygens (including phenoxy) is 2. The molecule has 0 fully saturated rings. The molecule has 0 bridgehead atoms. The number of aromatic nitrogens is 4. The minimum absolute atomic E-state index is 0.169. The van der Waals surface area contributed by atoms with Crippen LogP contribution < -0.4 is 15.0 Å². The Labute approximate surface area is 216 Å². The molecule has 192 valence electrons. The van der Waals surface area contributed by atoms with E-state index in [1.807, 2.05) is 57.2 Å². The van der Waals surface area contributed by atoms with Crippen molar-refractivity contribution >= 4 is 0 Å². The zero-order chi connectivity index (χ0) is 26.9. The van der Waals surface area contributed by atoms with Crippen molar-refractivity contribution < 1.29 is 14.6 Å². The van der Waals surface area contributed by atoms with E-state index in [9.17, 15) is 9.90 Å². The van der Waals surface area contributed by atoms with Crippen LogP contribution in [0.4, 0.5) is 0 Å². The normalized spacial score (nSPS) is 11.5. The molecule has 3 heterocycles. The van der Waals surface area contributed by atoms with E-state index in [2.05, 4.69) is 15.0 Å². The Kier molecular flexibility index (Phi) is 7.14. The molecule has 0 spiro atoms. The fraction of sp³-hybridized carbons (Fsp3) is 0.310. The van der Waals surface area contributed by atoms with Crippen LogP contribution in [0.1, 0.15) is 47.6 Å². The minimum atomic E-state index is -1.19. The molecular formula is C29H32N4O4. The van der Waals surface area contributed by atoms with Gasteiger partial charge in [0.05, 0.1) is 29.7 Å². The predicted octanol–water partition coefficient (Wildman–Crippen LogP) is 4.74. The highest BCUT2D eigenvalue weighted by molar-refractivity contribution is 5.62. The van der Waals surface area contributed by atoms with Crippen molar-refractivity contribution in [2.24, 2.45) is 0 Å². The summed E-state index contributed by atoms with van der Waals surface area (Å²) >= 11 is 0. The second-order valence-electron chi connectivity index (χ2n) is 9.70. The number of nitrogens with zero attached hydrogens (tertiary/aromatic N) is 4. The summed E-state index contributed by atoms with van der Waals surface area (Å²) in [7, 11) is 1.62. The number of pyridine rings is 2. The van der Waals surface area contributed by atoms with Crippen LogP contribution in [-0.4, -0.2) is 31.7 Å². The molecule has 0 saturated heterocycles. The molecule has 3 aromatic heterocycles. The van der Waals surface area contributed by atoms with Crippen LogP contribution in [0.25, 0.3) is 17.1 Å². The number of aryl methyl sites for hydroxylation is 3. The molecule has 1 N–H and O–H groups in total. The average molecular weight is 501 g/mol. The molecule has 0 amide bonds. The quantitative estimate of drug-likeness (QED) is 0.391. The molecule has 0 aliphatic heterocycles. The van der Waals surface area contributed by atoms with E-state index in [1.165, 1.54) is 0 Å². The second kappa shape index (κ2) is 10.1. The maximum Gasteiger partial charge on any atom is 0.261 e. The van der Waals surface area contributed by atoms with Crippen LogP contribution in [0, 0.1) is 27.7 Å². The van der Waals surface area contributed by atoms with Crippen LogP contribution in [-0.2, 0) is 12.2 Å². The first-order valence-corrected chi connectivity index (χ1v) is 12.0. The van der Waals surface area contributed by atoms with Crippen molar-refractivity contribution in [1.82, 2.24) is 19.5 Å². The van der Waals surface area contributed by atoms with E-state index in [4.69, 9.17) is 9.47 Å². The molecule has 0 aliphatic carbocycles. The lowest BCUT2D eigenvalue weighted by Crippen LogP contribution is -2.24. The maximum atomic E-state index is 13.6. The van der Waals surface area contributed by atoms with Gasteiger partial charge >= 0.3 is 0 Å². The Balaban J connectivity index is 1.73. The third kappa shape index (κ3) is 5.39. The van der Waals surface area contributed by atoms with Crippen molar-refractivity contribution in [1.29, 1.82) is 0 Å². The van der Waals surface area contributed by atoms with Gasteiger partial charge in [0.1, 0.15) is 23.7 Å². The Bertz CT molecular complexity index is 1520. The molecule has 0 aliphatic rings. The Hall–Kier alpha value is -4.04. The van der Waals surface area contributed by atoms with E-state index in [0.29, 0.717) is 40.8 Å². The van der Waals surface area contributed by atoms with Crippen LogP contribution in [0.3, 0.4) is 0 Å². The maximum absolute atomic E-state index is 13.6. The summed E-state index contributed by atoms with van der Waals surface area (Å²) in [6.45, 7) is 11.0. The van der Waals surface area contributed by atoms with E-state index < -0.39 is 5.60 Å². The van der Waals surface area contributed by atoms with Gasteiger partial charge in [-0.25, -0.2) is 9.97 Å². The summed E-state index contributed by atoms with van der Waals surface area (Å²) in [5.74, 6) is 1.59. The summed E-state index contributed by atoms with van der Waals surface area (Å²) in [5, 5.41) is 10.4. The van der Waals surface area contributed by atoms with E-state index in [-0.39, 0.29) is 5.56 Å². The minimum Gasteiger partial charge on any atom is -0.497 e. The third-order valence-corrected chi connectivity index (χ3v) is 6.19. The SMILES string of the molecule is COc1cccc(COc2cc(C)n(-c3cc(-c4nc(C(C)(C)O)ncc4C)ncc3C)c(=O)c2C)c1. The first kappa shape index (κ1) is 26.0. The molecule has 8 heteroatoms. The number of aliphatic hydroxyl groups is 1. The molecule has 37 heavy (non-hydrogen) atoms. The summed E-state index contributed by atoms with van der Waals surface area (Å²) in [5.41, 5.74) is 4.38. The molecular weight excluding hydrogens is 468 g/mol. The third-order valence-electron chi connectivity index (χ3n) is 6.19. The van der Waals surface area contributed by atoms with Crippen LogP contribution in [0.5, 0.6) is 11.5 Å². The van der Waals surface area contributed by atoms with Crippen molar-refractivity contribution in [2.45, 2.75) is 53.8 Å². The zero-order valence-corrected chi connectivity index (χ0v) is 22.3. The second-order valence-corrected chi connectivity index (χ2v) is 9.70. The fourth-order valence-electron chi connectivity index (χ4n) is 4.05. The first-order chi connectivity index (χ1) is 17.5. The van der Waals surface area contributed by atoms with Crippen LogP contribution in [0.2, 0.25) is 0 Å². The van der Waals surface area contributed by atoms with Gasteiger partial charge in [0.2, 0.25) is 0 Å². The molecule has 8 nitrogen and oxygen atoms in total. The van der Waals surface area contributed by atoms with Gasteiger partial charge in [-0.15, -0.1) is 0 Å². The summed E-state index contributed by atoms with van der Waals surface area (Å²) in [4.78, 5) is 27.0. The van der Waals surface area contributed by atoms with Crippen LogP contribution >= 0.6 is 0 Å². The first-order valence-electron chi connectivity index (χ1n) is 12.0. The van der Waals surface area contributed by atoms with Gasteiger partial charge in [0.25, 0.3) is 5.56 Å². The smallest absolute Gasteiger partial charge is 0.261 e. The van der Waals surface area contributed by atoms with Crippen molar-refractivity contribution in [3.8, 4) is 28.6 Å². The highest BCUT2D eigenvalue weighted by Gasteiger charge is 2.22. The lowest BCUT2D eigenvalue weighted by atomic mass is 10.1. The van der Waals surface area contributed by atoms with Gasteiger partial charge < -0.3 is 14.6 Å². The van der Waals surface area contributed by atoms with E-state index in [0.717, 1.165) is 28.1 Å². The summed E-state index contributed by atoms with van der Waals surface area (Å²) in [6.07, 6.45) is 3.40. The Morgan fingerprint density at radius 2 is 1.73 bits per heavy atom. The van der Waals surface area contributed by atoms with E-state index in [1.54, 1.807) is 44.8 Å². The largest absolute Gasteiger partial charge is 0.497 e. The lowest BCUT2D eigenvalue weighted by molar-refractivity contribution is 0.0688. The average Bonchev–Trinajstić information content (AvgIpc) is 2.86. The number of rotatable bonds is 7. The van der Waals surface area contributed by atoms with Gasteiger partial charge in [-0.2, -0.15) is 0 Å². The monoisotopic (exact) mass is 500 g/mol. The molecule has 0 atom stereocenters. The molecule has 0 unspecified atom stereocenters. The highest BCUT2D eigenvalue weighted by atomic mass is 16.5. The summed E-state index contributed by atoms with van der Waals surface area (Å²) < 4.78 is 13.0. The van der Waals surface area contributed by atoms with Gasteiger partial charge in [0.15, 0.2) is 5.82 Å². The van der Waals surface area contributed by atoms with E-state index >= 15 is 0 Å². The van der Waals surface area contributed by atoms with Crippen molar-refractivity contribution in [3.63, 3.8) is 0 Å². The van der Waals surface area contributed by atoms with Gasteiger partial charge in [-0.05, 0) is 76.4 Å². The lowest BCUT2D eigenvalue weighted by Gasteiger charge is -2.19. The van der Waals surface area contributed by atoms with Gasteiger partial charge in [-0.1, -0.05) is 12.1 Å². The highest BCUT2D eigenvalue weighted by Crippen LogP contribution is 2.27. The van der Waals surface area contributed by atoms with Crippen LogP contribution in [0.15, 0.2) is 53.6 Å². The molecule has 4 rings (SSSR count). The fourth-order valence-corrected chi connectivity index (χ4v) is 4.05. The number of methoxy groups -OCH3 is 1. The number of benzene rings is 1. The molecule has 1 aromatic carbocycles. The summed E-state index contributed by atoms with van der Waals surface area (Å²) in [6, 6.07) is 11.4. The number of hydrogen-bond acceptors (Lipinski definition) is 7. The molecule has 0 radical (unpaired) electrons. The van der Waals surface area contributed by atoms with Gasteiger partial charge in [0, 0.05) is 24.2 Å².